The van der Waals surface area contributed by atoms with Crippen molar-refractivity contribution in [3.63, 3.8) is 0 Å². The molecule has 1 aromatic rings. The molecule has 1 aliphatic carbocycles. The molecule has 2 rings (SSSR count). The number of carboxylic acid groups (broad SMARTS) is 1. The van der Waals surface area contributed by atoms with Crippen LogP contribution in [0.4, 0.5) is 0 Å². The lowest BCUT2D eigenvalue weighted by molar-refractivity contribution is 0.0696. The van der Waals surface area contributed by atoms with Crippen LogP contribution in [0.5, 0.6) is 0 Å². The van der Waals surface area contributed by atoms with Crippen LogP contribution in [0.2, 0.25) is 0 Å². The Kier molecular flexibility index (Phi) is 8.72. The Labute approximate surface area is 157 Å². The number of ether oxygens (including phenoxy) is 1. The van der Waals surface area contributed by atoms with Gasteiger partial charge >= 0.3 is 5.97 Å². The number of hydrogen-bond donors (Lipinski definition) is 1. The summed E-state index contributed by atoms with van der Waals surface area (Å²) in [5.74, 6) is 0.0404. The van der Waals surface area contributed by atoms with E-state index in [0.717, 1.165) is 24.2 Å². The van der Waals surface area contributed by atoms with E-state index in [4.69, 9.17) is 4.74 Å². The van der Waals surface area contributed by atoms with Crippen LogP contribution in [0, 0.1) is 12.8 Å². The molecule has 1 aromatic carbocycles. The molecule has 0 amide bonds. The summed E-state index contributed by atoms with van der Waals surface area (Å²) in [5, 5.41) is 9.32. The summed E-state index contributed by atoms with van der Waals surface area (Å²) in [7, 11) is 0. The number of allylic oxidation sites excluding steroid dienone is 4. The van der Waals surface area contributed by atoms with Gasteiger partial charge in [0.1, 0.15) is 0 Å². The molecule has 0 heterocycles. The molecular formula is C23H30O3. The van der Waals surface area contributed by atoms with Crippen molar-refractivity contribution >= 4 is 5.97 Å². The van der Waals surface area contributed by atoms with Gasteiger partial charge in [-0.05, 0) is 57.4 Å². The van der Waals surface area contributed by atoms with Crippen molar-refractivity contribution in [3.05, 3.63) is 58.9 Å². The minimum atomic E-state index is -0.864. The Morgan fingerprint density at radius 2 is 1.85 bits per heavy atom. The van der Waals surface area contributed by atoms with Gasteiger partial charge < -0.3 is 9.84 Å². The Bertz CT molecular complexity index is 674. The van der Waals surface area contributed by atoms with Crippen molar-refractivity contribution in [1.82, 2.24) is 0 Å². The summed E-state index contributed by atoms with van der Waals surface area (Å²) in [4.78, 5) is 11.4. The molecule has 1 saturated carbocycles. The van der Waals surface area contributed by atoms with E-state index >= 15 is 0 Å². The summed E-state index contributed by atoms with van der Waals surface area (Å²) in [6.07, 6.45) is 17.9. The molecule has 3 nitrogen and oxygen atoms in total. The molecule has 1 fully saturated rings. The van der Waals surface area contributed by atoms with Crippen LogP contribution >= 0.6 is 0 Å². The Balaban J connectivity index is 0.00000163. The highest BCUT2D eigenvalue weighted by Crippen LogP contribution is 2.45. The van der Waals surface area contributed by atoms with E-state index in [1.54, 1.807) is 6.07 Å². The zero-order valence-electron chi connectivity index (χ0n) is 16.1. The molecule has 1 aliphatic rings. The Morgan fingerprint density at radius 3 is 2.42 bits per heavy atom. The van der Waals surface area contributed by atoms with Crippen molar-refractivity contribution in [2.75, 3.05) is 6.61 Å². The van der Waals surface area contributed by atoms with E-state index in [1.165, 1.54) is 24.8 Å². The summed E-state index contributed by atoms with van der Waals surface area (Å²) in [5.41, 5.74) is 2.71. The lowest BCUT2D eigenvalue weighted by Crippen LogP contribution is -2.30. The third-order valence-electron chi connectivity index (χ3n) is 5.06. The first kappa shape index (κ1) is 21.6. The molecule has 0 bridgehead atoms. The minimum Gasteiger partial charge on any atom is -0.499 e. The van der Waals surface area contributed by atoms with E-state index in [-0.39, 0.29) is 5.41 Å². The van der Waals surface area contributed by atoms with Crippen molar-refractivity contribution < 1.29 is 14.6 Å². The van der Waals surface area contributed by atoms with Gasteiger partial charge in [0.05, 0.1) is 17.9 Å². The summed E-state index contributed by atoms with van der Waals surface area (Å²) in [6, 6.07) is 7.46. The number of rotatable bonds is 6. The van der Waals surface area contributed by atoms with Crippen LogP contribution in [-0.2, 0) is 10.2 Å². The van der Waals surface area contributed by atoms with E-state index in [0.29, 0.717) is 12.2 Å². The number of carboxylic acids is 1. The zero-order valence-corrected chi connectivity index (χ0v) is 16.1. The second-order valence-corrected chi connectivity index (χ2v) is 6.59. The van der Waals surface area contributed by atoms with Gasteiger partial charge in [0, 0.05) is 5.41 Å². The van der Waals surface area contributed by atoms with Gasteiger partial charge in [-0.1, -0.05) is 43.0 Å². The van der Waals surface area contributed by atoms with Crippen LogP contribution in [0.1, 0.15) is 68.8 Å². The lowest BCUT2D eigenvalue weighted by atomic mass is 9.65. The van der Waals surface area contributed by atoms with Crippen LogP contribution < -0.4 is 0 Å². The molecule has 0 aromatic heterocycles. The maximum Gasteiger partial charge on any atom is 0.335 e. The van der Waals surface area contributed by atoms with Gasteiger partial charge in [-0.3, -0.25) is 0 Å². The molecule has 0 atom stereocenters. The molecular weight excluding hydrogens is 324 g/mol. The number of hydrogen-bond acceptors (Lipinski definition) is 2. The third-order valence-corrected chi connectivity index (χ3v) is 5.06. The highest BCUT2D eigenvalue weighted by atomic mass is 16.5. The summed E-state index contributed by atoms with van der Waals surface area (Å²) < 4.78 is 5.51. The van der Waals surface area contributed by atoms with Crippen LogP contribution in [0.3, 0.4) is 0 Å². The van der Waals surface area contributed by atoms with Gasteiger partial charge in [0.2, 0.25) is 0 Å². The fourth-order valence-corrected chi connectivity index (χ4v) is 3.69. The van der Waals surface area contributed by atoms with Gasteiger partial charge in [-0.15, -0.1) is 12.8 Å². The molecule has 0 saturated heterocycles. The van der Waals surface area contributed by atoms with Gasteiger partial charge in [-0.2, -0.15) is 0 Å². The second-order valence-electron chi connectivity index (χ2n) is 6.59. The van der Waals surface area contributed by atoms with E-state index < -0.39 is 5.97 Å². The number of terminal acetylenes is 1. The van der Waals surface area contributed by atoms with Crippen LogP contribution in [-0.4, -0.2) is 17.7 Å². The van der Waals surface area contributed by atoms with Gasteiger partial charge in [-0.25, -0.2) is 4.79 Å². The topological polar surface area (TPSA) is 46.5 Å². The molecule has 0 spiro atoms. The van der Waals surface area contributed by atoms with Crippen molar-refractivity contribution in [2.45, 2.75) is 58.3 Å². The van der Waals surface area contributed by atoms with E-state index in [1.807, 2.05) is 32.1 Å². The van der Waals surface area contributed by atoms with Crippen LogP contribution in [0.25, 0.3) is 0 Å². The zero-order chi connectivity index (χ0) is 19.6. The SMILES string of the molecule is C#C.CCO/C(C)=C/C=C(\C)C1(c2cccc(C(=O)O)c2)CCCCC1. The molecule has 3 heteroatoms. The predicted octanol–water partition coefficient (Wildman–Crippen LogP) is 5.72. The fourth-order valence-electron chi connectivity index (χ4n) is 3.69. The van der Waals surface area contributed by atoms with E-state index in [2.05, 4.69) is 31.9 Å². The quantitative estimate of drug-likeness (QED) is 0.403. The van der Waals surface area contributed by atoms with Crippen molar-refractivity contribution in [2.24, 2.45) is 0 Å². The maximum absolute atomic E-state index is 11.4. The first-order valence-electron chi connectivity index (χ1n) is 9.15. The molecule has 0 unspecified atom stereocenters. The smallest absolute Gasteiger partial charge is 0.335 e. The standard InChI is InChI=1S/C21H28O3.C2H2/c1-4-24-17(3)12-11-16(2)21(13-6-5-7-14-21)19-10-8-9-18(15-19)20(22)23;1-2/h8-12,15H,4-7,13-14H2,1-3H3,(H,22,23);1-2H/b16-11+,17-12+;. The van der Waals surface area contributed by atoms with Gasteiger partial charge in [0.25, 0.3) is 0 Å². The lowest BCUT2D eigenvalue weighted by Gasteiger charge is -2.39. The van der Waals surface area contributed by atoms with Gasteiger partial charge in [0.15, 0.2) is 0 Å². The van der Waals surface area contributed by atoms with Crippen molar-refractivity contribution in [1.29, 1.82) is 0 Å². The maximum atomic E-state index is 11.4. The summed E-state index contributed by atoms with van der Waals surface area (Å²) in [6.45, 7) is 6.77. The molecule has 1 N–H and O–H groups in total. The average Bonchev–Trinajstić information content (AvgIpc) is 2.68. The first-order chi connectivity index (χ1) is 12.5. The largest absolute Gasteiger partial charge is 0.499 e. The Morgan fingerprint density at radius 1 is 1.19 bits per heavy atom. The second kappa shape index (κ2) is 10.5. The summed E-state index contributed by atoms with van der Waals surface area (Å²) >= 11 is 0. The number of aromatic carboxylic acids is 1. The van der Waals surface area contributed by atoms with E-state index in [9.17, 15) is 9.90 Å². The highest BCUT2D eigenvalue weighted by molar-refractivity contribution is 5.87. The molecule has 0 aliphatic heterocycles. The first-order valence-corrected chi connectivity index (χ1v) is 9.15. The monoisotopic (exact) mass is 354 g/mol. The fraction of sp³-hybridized carbons (Fsp3) is 0.435. The molecule has 26 heavy (non-hydrogen) atoms. The minimum absolute atomic E-state index is 0.0628. The third kappa shape index (κ3) is 5.26. The predicted molar refractivity (Wildman–Crippen MR) is 107 cm³/mol. The number of benzene rings is 1. The Hall–Kier alpha value is -2.47. The molecule has 0 radical (unpaired) electrons. The normalized spacial score (nSPS) is 17.0. The highest BCUT2D eigenvalue weighted by Gasteiger charge is 2.35. The molecule has 140 valence electrons. The number of carbonyl (C=O) groups is 1. The van der Waals surface area contributed by atoms with Crippen LogP contribution in [0.15, 0.2) is 47.7 Å². The van der Waals surface area contributed by atoms with Crippen molar-refractivity contribution in [3.8, 4) is 12.8 Å². The average molecular weight is 354 g/mol.